The number of amides is 1. The molecule has 0 aromatic heterocycles. The van der Waals surface area contributed by atoms with Crippen molar-refractivity contribution in [3.8, 4) is 5.75 Å². The lowest BCUT2D eigenvalue weighted by Crippen LogP contribution is -2.31. The zero-order valence-corrected chi connectivity index (χ0v) is 9.87. The first kappa shape index (κ1) is 11.9. The SMILES string of the molecule is NCCNC(=O)Oc1ccc2c(c1)CCCC2. The van der Waals surface area contributed by atoms with Gasteiger partial charge in [-0.05, 0) is 48.9 Å². The summed E-state index contributed by atoms with van der Waals surface area (Å²) in [6, 6.07) is 5.88. The maximum atomic E-state index is 11.4. The monoisotopic (exact) mass is 234 g/mol. The molecule has 1 aromatic rings. The third kappa shape index (κ3) is 3.20. The van der Waals surface area contributed by atoms with Crippen LogP contribution in [-0.4, -0.2) is 19.2 Å². The zero-order valence-electron chi connectivity index (χ0n) is 9.87. The lowest BCUT2D eigenvalue weighted by molar-refractivity contribution is 0.201. The lowest BCUT2D eigenvalue weighted by Gasteiger charge is -2.16. The molecule has 4 nitrogen and oxygen atoms in total. The minimum absolute atomic E-state index is 0.416. The molecule has 1 aliphatic rings. The second kappa shape index (κ2) is 5.68. The Labute approximate surface area is 101 Å². The van der Waals surface area contributed by atoms with Crippen LogP contribution in [0.3, 0.4) is 0 Å². The van der Waals surface area contributed by atoms with Crippen molar-refractivity contribution in [3.05, 3.63) is 29.3 Å². The predicted octanol–water partition coefficient (Wildman–Crippen LogP) is 1.61. The van der Waals surface area contributed by atoms with Crippen molar-refractivity contribution in [1.82, 2.24) is 5.32 Å². The molecule has 92 valence electrons. The van der Waals surface area contributed by atoms with E-state index in [2.05, 4.69) is 11.4 Å². The Balaban J connectivity index is 1.99. The summed E-state index contributed by atoms with van der Waals surface area (Å²) in [5.41, 5.74) is 7.98. The molecule has 1 aromatic carbocycles. The van der Waals surface area contributed by atoms with Crippen molar-refractivity contribution in [3.63, 3.8) is 0 Å². The van der Waals surface area contributed by atoms with Crippen molar-refractivity contribution in [2.75, 3.05) is 13.1 Å². The maximum Gasteiger partial charge on any atom is 0.412 e. The van der Waals surface area contributed by atoms with E-state index >= 15 is 0 Å². The van der Waals surface area contributed by atoms with Crippen LogP contribution in [0.2, 0.25) is 0 Å². The van der Waals surface area contributed by atoms with Crippen LogP contribution in [0.1, 0.15) is 24.0 Å². The van der Waals surface area contributed by atoms with Crippen LogP contribution in [0.4, 0.5) is 4.79 Å². The summed E-state index contributed by atoms with van der Waals surface area (Å²) in [4.78, 5) is 11.4. The smallest absolute Gasteiger partial charge is 0.410 e. The van der Waals surface area contributed by atoms with Gasteiger partial charge in [0.2, 0.25) is 0 Å². The van der Waals surface area contributed by atoms with Gasteiger partial charge in [0, 0.05) is 13.1 Å². The molecular formula is C13H18N2O2. The molecule has 4 heteroatoms. The molecule has 0 fully saturated rings. The van der Waals surface area contributed by atoms with Crippen molar-refractivity contribution in [2.45, 2.75) is 25.7 Å². The maximum absolute atomic E-state index is 11.4. The van der Waals surface area contributed by atoms with E-state index in [4.69, 9.17) is 10.5 Å². The molecule has 0 radical (unpaired) electrons. The number of hydrogen-bond acceptors (Lipinski definition) is 3. The first-order valence-electron chi connectivity index (χ1n) is 6.07. The minimum Gasteiger partial charge on any atom is -0.410 e. The molecule has 1 aliphatic carbocycles. The highest BCUT2D eigenvalue weighted by Crippen LogP contribution is 2.25. The van der Waals surface area contributed by atoms with Crippen molar-refractivity contribution >= 4 is 6.09 Å². The number of nitrogens with two attached hydrogens (primary N) is 1. The molecule has 0 aliphatic heterocycles. The van der Waals surface area contributed by atoms with E-state index in [-0.39, 0.29) is 0 Å². The van der Waals surface area contributed by atoms with Crippen molar-refractivity contribution < 1.29 is 9.53 Å². The summed E-state index contributed by atoms with van der Waals surface area (Å²) < 4.78 is 5.18. The minimum atomic E-state index is -0.439. The van der Waals surface area contributed by atoms with Gasteiger partial charge >= 0.3 is 6.09 Å². The Morgan fingerprint density at radius 2 is 2.06 bits per heavy atom. The van der Waals surface area contributed by atoms with Crippen molar-refractivity contribution in [2.24, 2.45) is 5.73 Å². The number of ether oxygens (including phenoxy) is 1. The molecule has 0 heterocycles. The molecule has 0 unspecified atom stereocenters. The number of carbonyl (C=O) groups is 1. The number of benzene rings is 1. The normalized spacial score (nSPS) is 13.9. The van der Waals surface area contributed by atoms with E-state index in [1.165, 1.54) is 24.0 Å². The van der Waals surface area contributed by atoms with Gasteiger partial charge in [-0.3, -0.25) is 0 Å². The second-order valence-corrected chi connectivity index (χ2v) is 4.24. The Bertz CT molecular complexity index is 404. The molecule has 0 saturated heterocycles. The lowest BCUT2D eigenvalue weighted by atomic mass is 9.92. The van der Waals surface area contributed by atoms with Gasteiger partial charge < -0.3 is 15.8 Å². The van der Waals surface area contributed by atoms with Crippen LogP contribution in [0.5, 0.6) is 5.75 Å². The molecule has 2 rings (SSSR count). The van der Waals surface area contributed by atoms with E-state index in [0.717, 1.165) is 12.8 Å². The summed E-state index contributed by atoms with van der Waals surface area (Å²) >= 11 is 0. The average molecular weight is 234 g/mol. The Kier molecular flexibility index (Phi) is 3.98. The van der Waals surface area contributed by atoms with E-state index in [1.54, 1.807) is 0 Å². The third-order valence-corrected chi connectivity index (χ3v) is 2.94. The summed E-state index contributed by atoms with van der Waals surface area (Å²) in [5.74, 6) is 0.611. The fraction of sp³-hybridized carbons (Fsp3) is 0.462. The van der Waals surface area contributed by atoms with E-state index in [9.17, 15) is 4.79 Å². The number of rotatable bonds is 3. The van der Waals surface area contributed by atoms with Gasteiger partial charge in [-0.25, -0.2) is 4.79 Å². The number of aryl methyl sites for hydroxylation is 2. The quantitative estimate of drug-likeness (QED) is 0.835. The van der Waals surface area contributed by atoms with Gasteiger partial charge in [-0.2, -0.15) is 0 Å². The fourth-order valence-corrected chi connectivity index (χ4v) is 2.09. The summed E-state index contributed by atoms with van der Waals surface area (Å²) in [5, 5.41) is 2.57. The van der Waals surface area contributed by atoms with Gasteiger partial charge in [0.05, 0.1) is 0 Å². The fourth-order valence-electron chi connectivity index (χ4n) is 2.09. The summed E-state index contributed by atoms with van der Waals surface area (Å²) in [6.45, 7) is 0.850. The largest absolute Gasteiger partial charge is 0.412 e. The molecular weight excluding hydrogens is 216 g/mol. The molecule has 0 saturated carbocycles. The van der Waals surface area contributed by atoms with Crippen molar-refractivity contribution in [1.29, 1.82) is 0 Å². The number of carbonyl (C=O) groups excluding carboxylic acids is 1. The van der Waals surface area contributed by atoms with Crippen LogP contribution in [-0.2, 0) is 12.8 Å². The standard InChI is InChI=1S/C13H18N2O2/c14-7-8-15-13(16)17-12-6-5-10-3-1-2-4-11(10)9-12/h5-6,9H,1-4,7-8,14H2,(H,15,16). The number of fused-ring (bicyclic) bond motifs is 1. The Morgan fingerprint density at radius 1 is 1.29 bits per heavy atom. The van der Waals surface area contributed by atoms with Crippen LogP contribution >= 0.6 is 0 Å². The van der Waals surface area contributed by atoms with Gasteiger partial charge in [0.25, 0.3) is 0 Å². The molecule has 0 bridgehead atoms. The van der Waals surface area contributed by atoms with Crippen LogP contribution < -0.4 is 15.8 Å². The highest BCUT2D eigenvalue weighted by atomic mass is 16.6. The molecule has 0 atom stereocenters. The van der Waals surface area contributed by atoms with E-state index in [0.29, 0.717) is 18.8 Å². The summed E-state index contributed by atoms with van der Waals surface area (Å²) in [6.07, 6.45) is 4.25. The number of nitrogens with one attached hydrogen (secondary N) is 1. The van der Waals surface area contributed by atoms with E-state index < -0.39 is 6.09 Å². The van der Waals surface area contributed by atoms with Gasteiger partial charge in [-0.1, -0.05) is 6.07 Å². The highest BCUT2D eigenvalue weighted by molar-refractivity contribution is 5.70. The first-order valence-corrected chi connectivity index (χ1v) is 6.07. The Morgan fingerprint density at radius 3 is 2.82 bits per heavy atom. The van der Waals surface area contributed by atoms with Crippen LogP contribution in [0.25, 0.3) is 0 Å². The average Bonchev–Trinajstić information content (AvgIpc) is 2.36. The topological polar surface area (TPSA) is 64.3 Å². The molecule has 0 spiro atoms. The van der Waals surface area contributed by atoms with Crippen LogP contribution in [0.15, 0.2) is 18.2 Å². The predicted molar refractivity (Wildman–Crippen MR) is 66.2 cm³/mol. The van der Waals surface area contributed by atoms with E-state index in [1.807, 2.05) is 12.1 Å². The second-order valence-electron chi connectivity index (χ2n) is 4.24. The van der Waals surface area contributed by atoms with Gasteiger partial charge in [0.15, 0.2) is 0 Å². The first-order chi connectivity index (χ1) is 8.29. The zero-order chi connectivity index (χ0) is 12.1. The van der Waals surface area contributed by atoms with Gasteiger partial charge in [-0.15, -0.1) is 0 Å². The molecule has 1 amide bonds. The molecule has 3 N–H and O–H groups in total. The van der Waals surface area contributed by atoms with Crippen LogP contribution in [0, 0.1) is 0 Å². The molecule has 17 heavy (non-hydrogen) atoms. The van der Waals surface area contributed by atoms with Gasteiger partial charge in [0.1, 0.15) is 5.75 Å². The third-order valence-electron chi connectivity index (χ3n) is 2.94. The highest BCUT2D eigenvalue weighted by Gasteiger charge is 2.11. The Hall–Kier alpha value is -1.55. The summed E-state index contributed by atoms with van der Waals surface area (Å²) in [7, 11) is 0. The number of hydrogen-bond donors (Lipinski definition) is 2.